The quantitative estimate of drug-likeness (QED) is 0.157. The summed E-state index contributed by atoms with van der Waals surface area (Å²) in [6.07, 6.45) is 9.36. The summed E-state index contributed by atoms with van der Waals surface area (Å²) in [7, 11) is -4.67. The van der Waals surface area contributed by atoms with E-state index in [1.54, 1.807) is 0 Å². The third-order valence-electron chi connectivity index (χ3n) is 4.72. The first kappa shape index (κ1) is 31.1. The van der Waals surface area contributed by atoms with Gasteiger partial charge in [0, 0.05) is 0 Å². The second-order valence-corrected chi connectivity index (χ2v) is 8.28. The summed E-state index contributed by atoms with van der Waals surface area (Å²) in [6.45, 7) is 10.5. The van der Waals surface area contributed by atoms with E-state index in [1.165, 1.54) is 38.5 Å². The van der Waals surface area contributed by atoms with Gasteiger partial charge in [0.05, 0.1) is 13.1 Å². The van der Waals surface area contributed by atoms with Crippen molar-refractivity contribution in [2.75, 3.05) is 26.2 Å². The maximum absolute atomic E-state index is 11.7. The number of rotatable bonds is 16. The summed E-state index contributed by atoms with van der Waals surface area (Å²) in [6, 6.07) is 0. The van der Waals surface area contributed by atoms with E-state index in [0.29, 0.717) is 11.8 Å². The van der Waals surface area contributed by atoms with Crippen LogP contribution in [0, 0.1) is 11.8 Å². The fraction of sp³-hybridized carbons (Fsp3) is 0.900. The Hall–Kier alpha value is -1.07. The molecule has 0 aromatic rings. The number of hydrogen-bond acceptors (Lipinski definition) is 7. The largest absolute Gasteiger partial charge is 0.394 e. The van der Waals surface area contributed by atoms with Gasteiger partial charge in [0.2, 0.25) is 0 Å². The average Bonchev–Trinajstić information content (AvgIpc) is 2.65. The van der Waals surface area contributed by atoms with Gasteiger partial charge in [-0.3, -0.25) is 18.7 Å². The zero-order valence-corrected chi connectivity index (χ0v) is 19.8. The van der Waals surface area contributed by atoms with E-state index in [1.807, 2.05) is 0 Å². The number of ether oxygens (including phenoxy) is 1. The highest BCUT2D eigenvalue weighted by Crippen LogP contribution is 2.11. The van der Waals surface area contributed by atoms with Crippen molar-refractivity contribution in [3.63, 3.8) is 0 Å². The maximum atomic E-state index is 11.7. The molecular formula is C20H42N2O7S. The molecule has 30 heavy (non-hydrogen) atoms. The molecule has 9 nitrogen and oxygen atoms in total. The van der Waals surface area contributed by atoms with Gasteiger partial charge in [0.25, 0.3) is 0 Å². The fourth-order valence-corrected chi connectivity index (χ4v) is 2.84. The molecule has 0 spiro atoms. The first-order valence-corrected chi connectivity index (χ1v) is 12.3. The van der Waals surface area contributed by atoms with E-state index < -0.39 is 22.3 Å². The smallest absolute Gasteiger partial charge is 0.391 e. The maximum Gasteiger partial charge on any atom is 0.394 e. The van der Waals surface area contributed by atoms with Gasteiger partial charge in [-0.2, -0.15) is 8.42 Å². The minimum absolute atomic E-state index is 0.0997. The minimum Gasteiger partial charge on any atom is -0.391 e. The van der Waals surface area contributed by atoms with Gasteiger partial charge in [0.1, 0.15) is 0 Å². The highest BCUT2D eigenvalue weighted by Gasteiger charge is 2.12. The molecule has 0 aromatic heterocycles. The van der Waals surface area contributed by atoms with Crippen LogP contribution in [0.15, 0.2) is 0 Å². The Morgan fingerprint density at radius 2 is 1.13 bits per heavy atom. The molecule has 0 heterocycles. The van der Waals surface area contributed by atoms with Crippen LogP contribution in [0.5, 0.6) is 0 Å². The van der Waals surface area contributed by atoms with Gasteiger partial charge in [-0.1, -0.05) is 66.2 Å². The van der Waals surface area contributed by atoms with Gasteiger partial charge in [-0.15, -0.1) is 0 Å². The SMILES string of the molecule is CCCCC(CC)CNCC(=O)OC(=O)CNCC(CC)CCCC.O=S(=O)(O)O. The second kappa shape index (κ2) is 19.9. The number of hydrogen-bond donors (Lipinski definition) is 4. The molecule has 0 rings (SSSR count). The lowest BCUT2D eigenvalue weighted by molar-refractivity contribution is -0.158. The van der Waals surface area contributed by atoms with Crippen molar-refractivity contribution in [3.05, 3.63) is 0 Å². The van der Waals surface area contributed by atoms with Gasteiger partial charge < -0.3 is 15.4 Å². The molecule has 0 aliphatic carbocycles. The van der Waals surface area contributed by atoms with Gasteiger partial charge >= 0.3 is 22.3 Å². The first-order valence-electron chi connectivity index (χ1n) is 10.9. The lowest BCUT2D eigenvalue weighted by Gasteiger charge is -2.15. The predicted octanol–water partition coefficient (Wildman–Crippen LogP) is 3.02. The van der Waals surface area contributed by atoms with Gasteiger partial charge in [0.15, 0.2) is 0 Å². The number of nitrogens with one attached hydrogen (secondary N) is 2. The van der Waals surface area contributed by atoms with Crippen molar-refractivity contribution in [3.8, 4) is 0 Å². The van der Waals surface area contributed by atoms with Crippen molar-refractivity contribution in [2.45, 2.75) is 79.1 Å². The molecule has 10 heteroatoms. The Morgan fingerprint density at radius 1 is 0.800 bits per heavy atom. The Balaban J connectivity index is 0. The van der Waals surface area contributed by atoms with Crippen molar-refractivity contribution >= 4 is 22.3 Å². The van der Waals surface area contributed by atoms with Crippen LogP contribution in [-0.4, -0.2) is 55.6 Å². The van der Waals surface area contributed by atoms with E-state index in [0.717, 1.165) is 25.9 Å². The highest BCUT2D eigenvalue weighted by atomic mass is 32.3. The zero-order valence-electron chi connectivity index (χ0n) is 19.0. The summed E-state index contributed by atoms with van der Waals surface area (Å²) >= 11 is 0. The molecule has 4 N–H and O–H groups in total. The van der Waals surface area contributed by atoms with E-state index in [4.69, 9.17) is 22.3 Å². The van der Waals surface area contributed by atoms with E-state index in [9.17, 15) is 9.59 Å². The van der Waals surface area contributed by atoms with E-state index in [2.05, 4.69) is 38.3 Å². The molecule has 0 saturated heterocycles. The summed E-state index contributed by atoms with van der Waals surface area (Å²) in [4.78, 5) is 23.4. The number of carbonyl (C=O) groups excluding carboxylic acids is 2. The Morgan fingerprint density at radius 3 is 1.40 bits per heavy atom. The van der Waals surface area contributed by atoms with Gasteiger partial charge in [-0.05, 0) is 37.8 Å². The Bertz CT molecular complexity index is 501. The van der Waals surface area contributed by atoms with Crippen molar-refractivity contribution < 1.29 is 31.8 Å². The molecule has 180 valence electrons. The molecule has 2 unspecified atom stereocenters. The molecule has 0 radical (unpaired) electrons. The minimum atomic E-state index is -4.67. The molecule has 2 atom stereocenters. The Labute approximate surface area is 182 Å². The van der Waals surface area contributed by atoms with Crippen LogP contribution in [-0.2, 0) is 24.7 Å². The average molecular weight is 455 g/mol. The standard InChI is InChI=1S/C20H40N2O3.H2O4S/c1-5-9-11-17(7-3)13-21-15-19(23)25-20(24)16-22-14-18(8-4)12-10-6-2;1-5(2,3)4/h17-18,21-22H,5-16H2,1-4H3;(H2,1,2,3,4). The summed E-state index contributed by atoms with van der Waals surface area (Å²) < 4.78 is 36.4. The monoisotopic (exact) mass is 454 g/mol. The molecule has 0 amide bonds. The lowest BCUT2D eigenvalue weighted by atomic mass is 9.99. The third kappa shape index (κ3) is 25.0. The molecule has 0 bridgehead atoms. The van der Waals surface area contributed by atoms with Crippen LogP contribution in [0.25, 0.3) is 0 Å². The third-order valence-corrected chi connectivity index (χ3v) is 4.72. The Kier molecular flexibility index (Phi) is 20.6. The van der Waals surface area contributed by atoms with Crippen LogP contribution in [0.3, 0.4) is 0 Å². The molecular weight excluding hydrogens is 412 g/mol. The van der Waals surface area contributed by atoms with Crippen LogP contribution >= 0.6 is 0 Å². The van der Waals surface area contributed by atoms with Crippen LogP contribution in [0.2, 0.25) is 0 Å². The normalized spacial score (nSPS) is 13.1. The molecule has 0 aliphatic heterocycles. The first-order chi connectivity index (χ1) is 14.1. The summed E-state index contributed by atoms with van der Waals surface area (Å²) in [5, 5.41) is 6.22. The zero-order chi connectivity index (χ0) is 23.4. The van der Waals surface area contributed by atoms with Crippen LogP contribution in [0.1, 0.15) is 79.1 Å². The summed E-state index contributed by atoms with van der Waals surface area (Å²) in [5.74, 6) is 0.184. The second-order valence-electron chi connectivity index (χ2n) is 7.39. The predicted molar refractivity (Wildman–Crippen MR) is 118 cm³/mol. The fourth-order valence-electron chi connectivity index (χ4n) is 2.84. The topological polar surface area (TPSA) is 142 Å². The van der Waals surface area contributed by atoms with Crippen molar-refractivity contribution in [2.24, 2.45) is 11.8 Å². The molecule has 0 aromatic carbocycles. The van der Waals surface area contributed by atoms with E-state index in [-0.39, 0.29) is 13.1 Å². The lowest BCUT2D eigenvalue weighted by Crippen LogP contribution is -2.34. The van der Waals surface area contributed by atoms with Crippen LogP contribution < -0.4 is 10.6 Å². The summed E-state index contributed by atoms with van der Waals surface area (Å²) in [5.41, 5.74) is 0. The van der Waals surface area contributed by atoms with Crippen molar-refractivity contribution in [1.82, 2.24) is 10.6 Å². The number of carbonyl (C=O) groups is 2. The highest BCUT2D eigenvalue weighted by molar-refractivity contribution is 7.79. The van der Waals surface area contributed by atoms with Crippen LogP contribution in [0.4, 0.5) is 0 Å². The van der Waals surface area contributed by atoms with Crippen molar-refractivity contribution in [1.29, 1.82) is 0 Å². The molecule has 0 aliphatic rings. The van der Waals surface area contributed by atoms with E-state index >= 15 is 0 Å². The number of unbranched alkanes of at least 4 members (excludes halogenated alkanes) is 2. The van der Waals surface area contributed by atoms with Gasteiger partial charge in [-0.25, -0.2) is 0 Å². The number of esters is 2. The molecule has 0 fully saturated rings. The molecule has 0 saturated carbocycles.